The highest BCUT2D eigenvalue weighted by Gasteiger charge is 2.41. The van der Waals surface area contributed by atoms with Crippen molar-refractivity contribution in [2.45, 2.75) is 26.3 Å². The van der Waals surface area contributed by atoms with Gasteiger partial charge in [0.2, 0.25) is 11.7 Å². The molecule has 0 aliphatic carbocycles. The molecule has 1 aromatic rings. The minimum absolute atomic E-state index is 0.00915. The summed E-state index contributed by atoms with van der Waals surface area (Å²) in [6, 6.07) is 3.41. The van der Waals surface area contributed by atoms with Crippen molar-refractivity contribution >= 4 is 11.9 Å². The lowest BCUT2D eigenvalue weighted by molar-refractivity contribution is -0.129. The fraction of sp³-hybridized carbons (Fsp3) is 0.600. The zero-order valence-electron chi connectivity index (χ0n) is 12.9. The number of nitrogens with one attached hydrogen (secondary N) is 1. The molecule has 1 aromatic heterocycles. The van der Waals surface area contributed by atoms with E-state index in [0.29, 0.717) is 12.3 Å². The second-order valence-electron chi connectivity index (χ2n) is 5.73. The fourth-order valence-corrected chi connectivity index (χ4v) is 2.78. The molecule has 1 N–H and O–H groups in total. The summed E-state index contributed by atoms with van der Waals surface area (Å²) >= 11 is 0. The van der Waals surface area contributed by atoms with Crippen LogP contribution in [-0.4, -0.2) is 44.0 Å². The Morgan fingerprint density at radius 3 is 2.81 bits per heavy atom. The molecule has 2 atom stereocenters. The molecule has 6 nitrogen and oxygen atoms in total. The molecule has 116 valence electrons. The van der Waals surface area contributed by atoms with Crippen LogP contribution in [0.15, 0.2) is 16.5 Å². The van der Waals surface area contributed by atoms with Crippen molar-refractivity contribution in [3.8, 4) is 0 Å². The Kier molecular flexibility index (Phi) is 4.37. The smallest absolute Gasteiger partial charge is 0.373 e. The molecule has 21 heavy (non-hydrogen) atoms. The molecule has 2 heterocycles. The van der Waals surface area contributed by atoms with Crippen molar-refractivity contribution in [1.29, 1.82) is 0 Å². The Balaban J connectivity index is 2.08. The van der Waals surface area contributed by atoms with Crippen LogP contribution in [0.2, 0.25) is 0 Å². The number of nitrogens with zero attached hydrogens (tertiary/aromatic N) is 1. The quantitative estimate of drug-likeness (QED) is 0.854. The van der Waals surface area contributed by atoms with Crippen molar-refractivity contribution in [3.05, 3.63) is 23.7 Å². The first kappa shape index (κ1) is 15.6. The van der Waals surface area contributed by atoms with E-state index in [0.717, 1.165) is 13.0 Å². The Bertz CT molecular complexity index is 540. The molecule has 0 aromatic carbocycles. The van der Waals surface area contributed by atoms with Crippen molar-refractivity contribution in [2.24, 2.45) is 5.41 Å². The van der Waals surface area contributed by atoms with Gasteiger partial charge >= 0.3 is 5.97 Å². The van der Waals surface area contributed by atoms with Gasteiger partial charge in [0.05, 0.1) is 18.6 Å². The average molecular weight is 294 g/mol. The Labute approximate surface area is 124 Å². The SMILES string of the molecule is CNC(=O)C1(C)CCN(C(C)c2ccc(C(=O)OC)o2)C1. The molecule has 0 spiro atoms. The van der Waals surface area contributed by atoms with E-state index in [4.69, 9.17) is 4.42 Å². The topological polar surface area (TPSA) is 71.8 Å². The zero-order valence-corrected chi connectivity index (χ0v) is 12.9. The maximum Gasteiger partial charge on any atom is 0.373 e. The van der Waals surface area contributed by atoms with Crippen molar-refractivity contribution < 1.29 is 18.7 Å². The van der Waals surface area contributed by atoms with E-state index in [2.05, 4.69) is 15.0 Å². The number of amides is 1. The van der Waals surface area contributed by atoms with Gasteiger partial charge in [0.25, 0.3) is 0 Å². The van der Waals surface area contributed by atoms with Gasteiger partial charge in [0.15, 0.2) is 0 Å². The van der Waals surface area contributed by atoms with E-state index >= 15 is 0 Å². The normalized spacial score (nSPS) is 23.8. The predicted octanol–water partition coefficient (Wildman–Crippen LogP) is 1.59. The number of ether oxygens (including phenoxy) is 1. The molecule has 0 bridgehead atoms. The summed E-state index contributed by atoms with van der Waals surface area (Å²) in [4.78, 5) is 25.6. The minimum atomic E-state index is -0.481. The molecule has 2 rings (SSSR count). The number of hydrogen-bond acceptors (Lipinski definition) is 5. The largest absolute Gasteiger partial charge is 0.463 e. The first-order chi connectivity index (χ1) is 9.91. The Hall–Kier alpha value is -1.82. The molecule has 1 fully saturated rings. The van der Waals surface area contributed by atoms with Crippen LogP contribution in [0.5, 0.6) is 0 Å². The zero-order chi connectivity index (χ0) is 15.6. The number of rotatable bonds is 4. The predicted molar refractivity (Wildman–Crippen MR) is 76.8 cm³/mol. The standard InChI is InChI=1S/C15H22N2O4/c1-10(11-5-6-12(21-11)13(18)20-4)17-8-7-15(2,9-17)14(19)16-3/h5-6,10H,7-9H2,1-4H3,(H,16,19). The van der Waals surface area contributed by atoms with Gasteiger partial charge in [-0.1, -0.05) is 0 Å². The number of hydrogen-bond donors (Lipinski definition) is 1. The Morgan fingerprint density at radius 2 is 2.19 bits per heavy atom. The van der Waals surface area contributed by atoms with Crippen LogP contribution in [0, 0.1) is 5.41 Å². The molecular weight excluding hydrogens is 272 g/mol. The van der Waals surface area contributed by atoms with Crippen molar-refractivity contribution in [1.82, 2.24) is 10.2 Å². The maximum atomic E-state index is 12.0. The molecule has 6 heteroatoms. The molecule has 1 saturated heterocycles. The minimum Gasteiger partial charge on any atom is -0.463 e. The molecule has 2 unspecified atom stereocenters. The lowest BCUT2D eigenvalue weighted by atomic mass is 9.89. The summed E-state index contributed by atoms with van der Waals surface area (Å²) in [5.41, 5.74) is -0.374. The Morgan fingerprint density at radius 1 is 1.48 bits per heavy atom. The van der Waals surface area contributed by atoms with Gasteiger partial charge in [0.1, 0.15) is 5.76 Å². The summed E-state index contributed by atoms with van der Waals surface area (Å²) in [7, 11) is 2.98. The lowest BCUT2D eigenvalue weighted by Gasteiger charge is -2.26. The molecule has 1 aliphatic rings. The summed E-state index contributed by atoms with van der Waals surface area (Å²) < 4.78 is 10.2. The van der Waals surface area contributed by atoms with E-state index in [1.807, 2.05) is 13.8 Å². The van der Waals surface area contributed by atoms with E-state index in [9.17, 15) is 9.59 Å². The van der Waals surface area contributed by atoms with E-state index < -0.39 is 5.97 Å². The summed E-state index contributed by atoms with van der Waals surface area (Å²) in [5, 5.41) is 2.72. The number of esters is 1. The highest BCUT2D eigenvalue weighted by molar-refractivity contribution is 5.86. The third-order valence-electron chi connectivity index (χ3n) is 4.25. The highest BCUT2D eigenvalue weighted by atomic mass is 16.5. The number of carbonyl (C=O) groups excluding carboxylic acids is 2. The molecule has 1 amide bonds. The van der Waals surface area contributed by atoms with Crippen LogP contribution in [0.3, 0.4) is 0 Å². The maximum absolute atomic E-state index is 12.0. The highest BCUT2D eigenvalue weighted by Crippen LogP contribution is 2.35. The van der Waals surface area contributed by atoms with Gasteiger partial charge < -0.3 is 14.5 Å². The monoisotopic (exact) mass is 294 g/mol. The van der Waals surface area contributed by atoms with Crippen LogP contribution in [0.25, 0.3) is 0 Å². The van der Waals surface area contributed by atoms with Gasteiger partial charge in [-0.15, -0.1) is 0 Å². The van der Waals surface area contributed by atoms with Crippen LogP contribution in [0.4, 0.5) is 0 Å². The molecule has 0 saturated carbocycles. The fourth-order valence-electron chi connectivity index (χ4n) is 2.78. The van der Waals surface area contributed by atoms with Crippen LogP contribution < -0.4 is 5.32 Å². The van der Waals surface area contributed by atoms with E-state index in [1.54, 1.807) is 19.2 Å². The van der Waals surface area contributed by atoms with Gasteiger partial charge in [-0.3, -0.25) is 9.69 Å². The van der Waals surface area contributed by atoms with Crippen LogP contribution in [-0.2, 0) is 9.53 Å². The lowest BCUT2D eigenvalue weighted by Crippen LogP contribution is -2.39. The van der Waals surface area contributed by atoms with Gasteiger partial charge in [0, 0.05) is 13.6 Å². The van der Waals surface area contributed by atoms with E-state index in [-0.39, 0.29) is 23.1 Å². The van der Waals surface area contributed by atoms with Crippen LogP contribution >= 0.6 is 0 Å². The second kappa shape index (κ2) is 5.89. The number of carbonyl (C=O) groups is 2. The molecular formula is C15H22N2O4. The second-order valence-corrected chi connectivity index (χ2v) is 5.73. The summed E-state index contributed by atoms with van der Waals surface area (Å²) in [5.74, 6) is 0.487. The first-order valence-electron chi connectivity index (χ1n) is 7.05. The summed E-state index contributed by atoms with van der Waals surface area (Å²) in [6.07, 6.45) is 0.807. The third-order valence-corrected chi connectivity index (χ3v) is 4.25. The van der Waals surface area contributed by atoms with Gasteiger partial charge in [-0.25, -0.2) is 4.79 Å². The van der Waals surface area contributed by atoms with Crippen molar-refractivity contribution in [3.63, 3.8) is 0 Å². The van der Waals surface area contributed by atoms with Crippen molar-refractivity contribution in [2.75, 3.05) is 27.2 Å². The molecule has 0 radical (unpaired) electrons. The van der Waals surface area contributed by atoms with Gasteiger partial charge in [-0.2, -0.15) is 0 Å². The molecule has 1 aliphatic heterocycles. The summed E-state index contributed by atoms with van der Waals surface area (Å²) in [6.45, 7) is 5.47. The van der Waals surface area contributed by atoms with Crippen LogP contribution in [0.1, 0.15) is 42.6 Å². The third kappa shape index (κ3) is 2.95. The van der Waals surface area contributed by atoms with E-state index in [1.165, 1.54) is 7.11 Å². The number of furan rings is 1. The number of likely N-dealkylation sites (tertiary alicyclic amines) is 1. The van der Waals surface area contributed by atoms with Gasteiger partial charge in [-0.05, 0) is 38.9 Å². The average Bonchev–Trinajstić information content (AvgIpc) is 3.12. The number of methoxy groups -OCH3 is 1. The first-order valence-corrected chi connectivity index (χ1v) is 7.05.